The van der Waals surface area contributed by atoms with E-state index in [-0.39, 0.29) is 19.5 Å². The van der Waals surface area contributed by atoms with Crippen LogP contribution < -0.4 is 10.1 Å². The number of nitrogens with zero attached hydrogens (tertiary/aromatic N) is 2. The van der Waals surface area contributed by atoms with E-state index in [0.29, 0.717) is 5.88 Å². The number of amides is 2. The second-order valence-corrected chi connectivity index (χ2v) is 4.76. The number of aromatic nitrogens is 1. The van der Waals surface area contributed by atoms with Crippen molar-refractivity contribution in [2.75, 3.05) is 13.7 Å². The smallest absolute Gasteiger partial charge is 0.326 e. The number of aliphatic carboxylic acids is 1. The molecule has 1 aliphatic heterocycles. The fraction of sp³-hybridized carbons (Fsp3) is 0.462. The fourth-order valence-electron chi connectivity index (χ4n) is 2.19. The molecule has 0 saturated carbocycles. The number of likely N-dealkylation sites (tertiary alicyclic amines) is 1. The second kappa shape index (κ2) is 6.40. The molecule has 2 rings (SSSR count). The van der Waals surface area contributed by atoms with Gasteiger partial charge in [-0.15, -0.1) is 0 Å². The summed E-state index contributed by atoms with van der Waals surface area (Å²) in [6.07, 6.45) is 0.805. The summed E-state index contributed by atoms with van der Waals surface area (Å²) in [6, 6.07) is 1.91. The van der Waals surface area contributed by atoms with Crippen LogP contribution in [-0.2, 0) is 11.3 Å². The summed E-state index contributed by atoms with van der Waals surface area (Å²) >= 11 is 0. The van der Waals surface area contributed by atoms with Crippen LogP contribution in [-0.4, -0.2) is 57.9 Å². The predicted octanol–water partition coefficient (Wildman–Crippen LogP) is -0.180. The summed E-state index contributed by atoms with van der Waals surface area (Å²) < 4.78 is 4.93. The van der Waals surface area contributed by atoms with E-state index in [4.69, 9.17) is 9.84 Å². The number of hydrogen-bond acceptors (Lipinski definition) is 5. The van der Waals surface area contributed by atoms with Gasteiger partial charge >= 0.3 is 12.0 Å². The molecule has 21 heavy (non-hydrogen) atoms. The lowest BCUT2D eigenvalue weighted by Gasteiger charge is -2.21. The van der Waals surface area contributed by atoms with E-state index in [0.717, 1.165) is 10.5 Å². The van der Waals surface area contributed by atoms with Crippen LogP contribution in [0.3, 0.4) is 0 Å². The summed E-state index contributed by atoms with van der Waals surface area (Å²) in [6.45, 7) is 0.235. The van der Waals surface area contributed by atoms with E-state index in [1.807, 2.05) is 0 Å². The Hall–Kier alpha value is -2.35. The van der Waals surface area contributed by atoms with E-state index < -0.39 is 24.1 Å². The van der Waals surface area contributed by atoms with Gasteiger partial charge in [-0.2, -0.15) is 0 Å². The standard InChI is InChI=1S/C13H17N3O5/c1-21-11-3-2-8(5-14-11)6-15-13(20)16-7-9(17)4-10(16)12(18)19/h2-3,5,9-10,17H,4,6-7H2,1H3,(H,15,20)(H,18,19)/t9?,10-/m0/s1. The molecule has 0 radical (unpaired) electrons. The zero-order valence-corrected chi connectivity index (χ0v) is 11.5. The maximum Gasteiger partial charge on any atom is 0.326 e. The van der Waals surface area contributed by atoms with Gasteiger partial charge in [0.2, 0.25) is 5.88 Å². The lowest BCUT2D eigenvalue weighted by molar-refractivity contribution is -0.141. The van der Waals surface area contributed by atoms with Gasteiger partial charge in [0.15, 0.2) is 0 Å². The van der Waals surface area contributed by atoms with Gasteiger partial charge in [-0.1, -0.05) is 6.07 Å². The molecular weight excluding hydrogens is 278 g/mol. The number of methoxy groups -OCH3 is 1. The Labute approximate surface area is 121 Å². The van der Waals surface area contributed by atoms with Crippen LogP contribution in [0.2, 0.25) is 0 Å². The van der Waals surface area contributed by atoms with Gasteiger partial charge in [0.25, 0.3) is 0 Å². The molecule has 1 unspecified atom stereocenters. The van der Waals surface area contributed by atoms with Gasteiger partial charge in [-0.05, 0) is 5.56 Å². The van der Waals surface area contributed by atoms with Gasteiger partial charge in [-0.25, -0.2) is 14.6 Å². The van der Waals surface area contributed by atoms with Gasteiger partial charge in [0.1, 0.15) is 6.04 Å². The molecule has 0 aliphatic carbocycles. The van der Waals surface area contributed by atoms with Gasteiger partial charge in [0.05, 0.1) is 13.2 Å². The topological polar surface area (TPSA) is 112 Å². The van der Waals surface area contributed by atoms with Crippen molar-refractivity contribution >= 4 is 12.0 Å². The van der Waals surface area contributed by atoms with E-state index in [9.17, 15) is 14.7 Å². The van der Waals surface area contributed by atoms with Crippen LogP contribution in [0.25, 0.3) is 0 Å². The molecule has 3 N–H and O–H groups in total. The SMILES string of the molecule is COc1ccc(CNC(=O)N2CC(O)C[C@H]2C(=O)O)cn1. The van der Waals surface area contributed by atoms with Gasteiger partial charge < -0.3 is 25.2 Å². The third kappa shape index (κ3) is 3.60. The minimum absolute atomic E-state index is 0.0175. The van der Waals surface area contributed by atoms with Crippen LogP contribution in [0, 0.1) is 0 Å². The van der Waals surface area contributed by atoms with Crippen LogP contribution in [0.1, 0.15) is 12.0 Å². The number of carbonyl (C=O) groups is 2. The molecule has 2 amide bonds. The number of ether oxygens (including phenoxy) is 1. The molecule has 0 bridgehead atoms. The van der Waals surface area contributed by atoms with Gasteiger partial charge in [-0.3, -0.25) is 0 Å². The van der Waals surface area contributed by atoms with Crippen molar-refractivity contribution in [2.45, 2.75) is 25.1 Å². The average molecular weight is 295 g/mol. The Bertz CT molecular complexity index is 519. The molecule has 1 aromatic heterocycles. The van der Waals surface area contributed by atoms with Crippen LogP contribution in [0.5, 0.6) is 5.88 Å². The highest BCUT2D eigenvalue weighted by atomic mass is 16.5. The van der Waals surface area contributed by atoms with Crippen LogP contribution >= 0.6 is 0 Å². The quantitative estimate of drug-likeness (QED) is 0.710. The van der Waals surface area contributed by atoms with Crippen LogP contribution in [0.4, 0.5) is 4.79 Å². The first-order chi connectivity index (χ1) is 10.0. The van der Waals surface area contributed by atoms with Crippen molar-refractivity contribution in [1.82, 2.24) is 15.2 Å². The average Bonchev–Trinajstić information content (AvgIpc) is 2.87. The number of urea groups is 1. The largest absolute Gasteiger partial charge is 0.481 e. The second-order valence-electron chi connectivity index (χ2n) is 4.76. The molecular formula is C13H17N3O5. The number of β-amino-alcohol motifs (C(OH)–C–C–N with tert-alkyl or cyclic N) is 1. The first-order valence-corrected chi connectivity index (χ1v) is 6.45. The third-order valence-electron chi connectivity index (χ3n) is 3.28. The van der Waals surface area contributed by atoms with Crippen molar-refractivity contribution in [3.8, 4) is 5.88 Å². The minimum Gasteiger partial charge on any atom is -0.481 e. The Balaban J connectivity index is 1.92. The molecule has 8 heteroatoms. The summed E-state index contributed by atoms with van der Waals surface area (Å²) in [7, 11) is 1.51. The molecule has 2 heterocycles. The zero-order valence-electron chi connectivity index (χ0n) is 11.5. The summed E-state index contributed by atoms with van der Waals surface area (Å²) in [5.41, 5.74) is 0.760. The van der Waals surface area contributed by atoms with Crippen LogP contribution in [0.15, 0.2) is 18.3 Å². The molecule has 1 aliphatic rings. The molecule has 2 atom stereocenters. The maximum atomic E-state index is 12.0. The number of nitrogens with one attached hydrogen (secondary N) is 1. The van der Waals surface area contributed by atoms with Crippen molar-refractivity contribution in [2.24, 2.45) is 0 Å². The van der Waals surface area contributed by atoms with E-state index in [1.54, 1.807) is 18.3 Å². The van der Waals surface area contributed by atoms with E-state index in [2.05, 4.69) is 10.3 Å². The highest BCUT2D eigenvalue weighted by molar-refractivity contribution is 5.83. The number of pyridine rings is 1. The molecule has 0 aromatic carbocycles. The number of aliphatic hydroxyl groups is 1. The van der Waals surface area contributed by atoms with Crippen molar-refractivity contribution in [3.63, 3.8) is 0 Å². The Kier molecular flexibility index (Phi) is 4.59. The van der Waals surface area contributed by atoms with E-state index >= 15 is 0 Å². The highest BCUT2D eigenvalue weighted by Gasteiger charge is 2.38. The Morgan fingerprint density at radius 3 is 2.86 bits per heavy atom. The lowest BCUT2D eigenvalue weighted by atomic mass is 10.2. The Morgan fingerprint density at radius 1 is 1.52 bits per heavy atom. The van der Waals surface area contributed by atoms with Crippen molar-refractivity contribution in [3.05, 3.63) is 23.9 Å². The van der Waals surface area contributed by atoms with Crippen molar-refractivity contribution < 1.29 is 24.5 Å². The summed E-state index contributed by atoms with van der Waals surface area (Å²) in [5.74, 6) is -0.647. The molecule has 1 fully saturated rings. The highest BCUT2D eigenvalue weighted by Crippen LogP contribution is 2.18. The normalized spacial score (nSPS) is 21.1. The number of hydrogen-bond donors (Lipinski definition) is 3. The lowest BCUT2D eigenvalue weighted by Crippen LogP contribution is -2.45. The number of aliphatic hydroxyl groups excluding tert-OH is 1. The Morgan fingerprint density at radius 2 is 2.29 bits per heavy atom. The molecule has 8 nitrogen and oxygen atoms in total. The summed E-state index contributed by atoms with van der Waals surface area (Å²) in [4.78, 5) is 28.2. The summed E-state index contributed by atoms with van der Waals surface area (Å²) in [5, 5.41) is 21.2. The molecule has 114 valence electrons. The van der Waals surface area contributed by atoms with E-state index in [1.165, 1.54) is 7.11 Å². The third-order valence-corrected chi connectivity index (χ3v) is 3.28. The first-order valence-electron chi connectivity index (χ1n) is 6.45. The number of carboxylic acid groups (broad SMARTS) is 1. The fourth-order valence-corrected chi connectivity index (χ4v) is 2.19. The monoisotopic (exact) mass is 295 g/mol. The van der Waals surface area contributed by atoms with Gasteiger partial charge in [0, 0.05) is 31.8 Å². The molecule has 1 saturated heterocycles. The molecule has 1 aromatic rings. The minimum atomic E-state index is -1.12. The maximum absolute atomic E-state index is 12.0. The predicted molar refractivity (Wildman–Crippen MR) is 71.8 cm³/mol. The van der Waals surface area contributed by atoms with Crippen molar-refractivity contribution in [1.29, 1.82) is 0 Å². The number of carbonyl (C=O) groups excluding carboxylic acids is 1. The molecule has 0 spiro atoms. The first kappa shape index (κ1) is 15.0. The number of carboxylic acids is 1. The zero-order chi connectivity index (χ0) is 15.4. The number of rotatable bonds is 4.